The first kappa shape index (κ1) is 15.2. The number of hydrogen-bond acceptors (Lipinski definition) is 3. The summed E-state index contributed by atoms with van der Waals surface area (Å²) in [6.07, 6.45) is 10.4. The van der Waals surface area contributed by atoms with E-state index in [0.29, 0.717) is 6.04 Å². The molecule has 4 nitrogen and oxygen atoms in total. The molecule has 1 aliphatic heterocycles. The molecule has 4 heteroatoms. The quantitative estimate of drug-likeness (QED) is 0.721. The van der Waals surface area contributed by atoms with Crippen LogP contribution in [0.25, 0.3) is 10.9 Å². The number of hydrogen-bond donors (Lipinski definition) is 0. The molecular weight excluding hydrogens is 296 g/mol. The fourth-order valence-corrected chi connectivity index (χ4v) is 3.75. The van der Waals surface area contributed by atoms with Crippen LogP contribution >= 0.6 is 0 Å². The first-order valence-corrected chi connectivity index (χ1v) is 8.96. The van der Waals surface area contributed by atoms with Gasteiger partial charge in [0.15, 0.2) is 0 Å². The molecule has 0 N–H and O–H groups in total. The van der Waals surface area contributed by atoms with Crippen LogP contribution in [0.4, 0.5) is 5.69 Å². The smallest absolute Gasteiger partial charge is 0.0948 e. The highest BCUT2D eigenvalue weighted by Gasteiger charge is 2.22. The average Bonchev–Trinajstić information content (AvgIpc) is 3.16. The Balaban J connectivity index is 1.62. The van der Waals surface area contributed by atoms with Gasteiger partial charge >= 0.3 is 0 Å². The van der Waals surface area contributed by atoms with Crippen LogP contribution in [0.2, 0.25) is 0 Å². The van der Waals surface area contributed by atoms with Crippen molar-refractivity contribution in [3.05, 3.63) is 54.7 Å². The topological polar surface area (TPSA) is 34.0 Å². The van der Waals surface area contributed by atoms with E-state index in [2.05, 4.69) is 57.9 Å². The van der Waals surface area contributed by atoms with Crippen molar-refractivity contribution in [2.24, 2.45) is 0 Å². The molecule has 0 atom stereocenters. The van der Waals surface area contributed by atoms with Gasteiger partial charge < -0.3 is 9.47 Å². The number of nitrogens with zero attached hydrogens (tertiary/aromatic N) is 4. The molecule has 24 heavy (non-hydrogen) atoms. The van der Waals surface area contributed by atoms with E-state index in [0.717, 1.165) is 44.3 Å². The van der Waals surface area contributed by atoms with Gasteiger partial charge in [-0.1, -0.05) is 31.5 Å². The van der Waals surface area contributed by atoms with Gasteiger partial charge in [-0.25, -0.2) is 4.98 Å². The van der Waals surface area contributed by atoms with Crippen molar-refractivity contribution in [2.75, 3.05) is 18.0 Å². The fraction of sp³-hybridized carbons (Fsp3) is 0.400. The summed E-state index contributed by atoms with van der Waals surface area (Å²) < 4.78 is 2.25. The number of benzene rings is 1. The summed E-state index contributed by atoms with van der Waals surface area (Å²) in [5.41, 5.74) is 3.69. The van der Waals surface area contributed by atoms with Crippen LogP contribution in [0.15, 0.2) is 49.1 Å². The van der Waals surface area contributed by atoms with E-state index in [-0.39, 0.29) is 0 Å². The highest BCUT2D eigenvalue weighted by molar-refractivity contribution is 5.92. The van der Waals surface area contributed by atoms with Crippen LogP contribution < -0.4 is 4.90 Å². The molecule has 4 rings (SSSR count). The van der Waals surface area contributed by atoms with Crippen LogP contribution in [0.1, 0.15) is 37.9 Å². The number of anilines is 1. The molecule has 1 aliphatic rings. The number of imidazole rings is 1. The third-order valence-corrected chi connectivity index (χ3v) is 5.01. The van der Waals surface area contributed by atoms with E-state index >= 15 is 0 Å². The molecular formula is C20H24N4. The zero-order chi connectivity index (χ0) is 16.4. The number of aryl methyl sites for hydroxylation is 1. The monoisotopic (exact) mass is 320 g/mol. The van der Waals surface area contributed by atoms with Gasteiger partial charge in [-0.15, -0.1) is 0 Å². The number of aromatic nitrogens is 3. The Labute approximate surface area is 143 Å². The Hall–Kier alpha value is -2.36. The first-order chi connectivity index (χ1) is 11.8. The molecule has 3 heterocycles. The average molecular weight is 320 g/mol. The Morgan fingerprint density at radius 2 is 2.00 bits per heavy atom. The van der Waals surface area contributed by atoms with Crippen LogP contribution in [0, 0.1) is 0 Å². The Morgan fingerprint density at radius 1 is 1.17 bits per heavy atom. The highest BCUT2D eigenvalue weighted by Crippen LogP contribution is 2.32. The van der Waals surface area contributed by atoms with Crippen molar-refractivity contribution in [1.29, 1.82) is 0 Å². The minimum atomic E-state index is 0.576. The molecule has 1 saturated heterocycles. The fourth-order valence-electron chi connectivity index (χ4n) is 3.75. The summed E-state index contributed by atoms with van der Waals surface area (Å²) in [5.74, 6) is 0. The minimum absolute atomic E-state index is 0.576. The molecule has 3 aromatic rings. The molecule has 0 amide bonds. The SMILES string of the molecule is CCCc1cc(N2CCC(n3ccnc3)CC2)c2ccccc2n1. The van der Waals surface area contributed by atoms with Gasteiger partial charge in [-0.05, 0) is 31.4 Å². The zero-order valence-electron chi connectivity index (χ0n) is 14.2. The maximum atomic E-state index is 4.84. The molecule has 0 radical (unpaired) electrons. The molecule has 0 aliphatic carbocycles. The van der Waals surface area contributed by atoms with Gasteiger partial charge in [0.1, 0.15) is 0 Å². The Bertz CT molecular complexity index is 802. The van der Waals surface area contributed by atoms with Crippen molar-refractivity contribution in [1.82, 2.24) is 14.5 Å². The molecule has 1 aromatic carbocycles. The second-order valence-electron chi connectivity index (χ2n) is 6.63. The largest absolute Gasteiger partial charge is 0.371 e. The summed E-state index contributed by atoms with van der Waals surface area (Å²) in [7, 11) is 0. The predicted octanol–water partition coefficient (Wildman–Crippen LogP) is 4.23. The predicted molar refractivity (Wildman–Crippen MR) is 98.4 cm³/mol. The lowest BCUT2D eigenvalue weighted by atomic mass is 10.0. The van der Waals surface area contributed by atoms with E-state index < -0.39 is 0 Å². The van der Waals surface area contributed by atoms with Crippen molar-refractivity contribution in [3.8, 4) is 0 Å². The lowest BCUT2D eigenvalue weighted by molar-refractivity contribution is 0.396. The molecule has 124 valence electrons. The lowest BCUT2D eigenvalue weighted by Crippen LogP contribution is -2.34. The van der Waals surface area contributed by atoms with Crippen molar-refractivity contribution >= 4 is 16.6 Å². The number of pyridine rings is 1. The van der Waals surface area contributed by atoms with E-state index in [4.69, 9.17) is 4.98 Å². The maximum Gasteiger partial charge on any atom is 0.0948 e. The first-order valence-electron chi connectivity index (χ1n) is 8.96. The summed E-state index contributed by atoms with van der Waals surface area (Å²) >= 11 is 0. The van der Waals surface area contributed by atoms with Crippen molar-refractivity contribution in [3.63, 3.8) is 0 Å². The van der Waals surface area contributed by atoms with Crippen molar-refractivity contribution < 1.29 is 0 Å². The number of piperidine rings is 1. The van der Waals surface area contributed by atoms with Gasteiger partial charge in [-0.2, -0.15) is 0 Å². The normalized spacial score (nSPS) is 16.0. The molecule has 1 fully saturated rings. The molecule has 0 spiro atoms. The molecule has 0 unspecified atom stereocenters. The standard InChI is InChI=1S/C20H24N4/c1-2-5-16-14-20(18-6-3-4-7-19(18)22-16)23-11-8-17(9-12-23)24-13-10-21-15-24/h3-4,6-7,10,13-15,17H,2,5,8-9,11-12H2,1H3. The number of rotatable bonds is 4. The highest BCUT2D eigenvalue weighted by atomic mass is 15.2. The summed E-state index contributed by atoms with van der Waals surface area (Å²) in [5, 5.41) is 1.28. The lowest BCUT2D eigenvalue weighted by Gasteiger charge is -2.35. The third-order valence-electron chi connectivity index (χ3n) is 5.01. The second kappa shape index (κ2) is 6.63. The Morgan fingerprint density at radius 3 is 2.75 bits per heavy atom. The van der Waals surface area contributed by atoms with Gasteiger partial charge in [0.2, 0.25) is 0 Å². The van der Waals surface area contributed by atoms with E-state index in [1.165, 1.54) is 16.8 Å². The van der Waals surface area contributed by atoms with Gasteiger partial charge in [0, 0.05) is 48.3 Å². The number of para-hydroxylation sites is 1. The maximum absolute atomic E-state index is 4.84. The summed E-state index contributed by atoms with van der Waals surface area (Å²) in [4.78, 5) is 11.6. The minimum Gasteiger partial charge on any atom is -0.371 e. The van der Waals surface area contributed by atoms with Crippen LogP contribution in [0.5, 0.6) is 0 Å². The zero-order valence-corrected chi connectivity index (χ0v) is 14.2. The summed E-state index contributed by atoms with van der Waals surface area (Å²) in [6.45, 7) is 4.39. The van der Waals surface area contributed by atoms with Gasteiger partial charge in [-0.3, -0.25) is 4.98 Å². The summed E-state index contributed by atoms with van der Waals surface area (Å²) in [6, 6.07) is 11.4. The van der Waals surface area contributed by atoms with Gasteiger partial charge in [0.25, 0.3) is 0 Å². The van der Waals surface area contributed by atoms with E-state index in [9.17, 15) is 0 Å². The molecule has 0 bridgehead atoms. The van der Waals surface area contributed by atoms with E-state index in [1.54, 1.807) is 0 Å². The molecule has 0 saturated carbocycles. The van der Waals surface area contributed by atoms with Crippen LogP contribution in [-0.4, -0.2) is 27.6 Å². The Kier molecular flexibility index (Phi) is 4.20. The van der Waals surface area contributed by atoms with E-state index in [1.807, 2.05) is 12.5 Å². The van der Waals surface area contributed by atoms with Crippen molar-refractivity contribution in [2.45, 2.75) is 38.6 Å². The number of fused-ring (bicyclic) bond motifs is 1. The van der Waals surface area contributed by atoms with Gasteiger partial charge in [0.05, 0.1) is 11.8 Å². The van der Waals surface area contributed by atoms with Crippen LogP contribution in [-0.2, 0) is 6.42 Å². The van der Waals surface area contributed by atoms with Crippen LogP contribution in [0.3, 0.4) is 0 Å². The second-order valence-corrected chi connectivity index (χ2v) is 6.63. The molecule has 2 aromatic heterocycles. The third kappa shape index (κ3) is 2.88.